The molecule has 0 amide bonds. The summed E-state index contributed by atoms with van der Waals surface area (Å²) in [5, 5.41) is 11.3. The minimum atomic E-state index is -0.889. The Morgan fingerprint density at radius 1 is 0.839 bits per heavy atom. The quantitative estimate of drug-likeness (QED) is 0.309. The summed E-state index contributed by atoms with van der Waals surface area (Å²) in [6.45, 7) is 2.33. The Kier molecular flexibility index (Phi) is 5.89. The zero-order chi connectivity index (χ0) is 21.8. The van der Waals surface area contributed by atoms with Gasteiger partial charge in [-0.25, -0.2) is 0 Å². The molecular formula is C25H23NO5. The maximum absolute atomic E-state index is 11.5. The maximum atomic E-state index is 11.5. The van der Waals surface area contributed by atoms with Crippen LogP contribution in [0.4, 0.5) is 0 Å². The van der Waals surface area contributed by atoms with Crippen molar-refractivity contribution in [2.24, 2.45) is 0 Å². The third-order valence-electron chi connectivity index (χ3n) is 5.11. The van der Waals surface area contributed by atoms with Gasteiger partial charge in [0.15, 0.2) is 5.78 Å². The van der Waals surface area contributed by atoms with Crippen molar-refractivity contribution >= 4 is 33.6 Å². The molecule has 1 aromatic heterocycles. The van der Waals surface area contributed by atoms with E-state index in [0.717, 1.165) is 21.8 Å². The van der Waals surface area contributed by atoms with E-state index >= 15 is 0 Å². The van der Waals surface area contributed by atoms with Crippen molar-refractivity contribution in [2.45, 2.75) is 19.9 Å². The lowest BCUT2D eigenvalue weighted by molar-refractivity contribution is -0.137. The lowest BCUT2D eigenvalue weighted by atomic mass is 10.1. The second-order valence-corrected chi connectivity index (χ2v) is 7.31. The summed E-state index contributed by atoms with van der Waals surface area (Å²) in [5.41, 5.74) is 2.34. The third-order valence-corrected chi connectivity index (χ3v) is 5.11. The summed E-state index contributed by atoms with van der Waals surface area (Å²) in [6.07, 6.45) is 0.667. The van der Waals surface area contributed by atoms with E-state index in [1.165, 1.54) is 6.92 Å². The number of hydrogen-bond acceptors (Lipinski definition) is 4. The molecule has 0 saturated carbocycles. The molecule has 31 heavy (non-hydrogen) atoms. The van der Waals surface area contributed by atoms with Crippen LogP contribution < -0.4 is 9.47 Å². The summed E-state index contributed by atoms with van der Waals surface area (Å²) < 4.78 is 13.4. The molecule has 0 aliphatic heterocycles. The van der Waals surface area contributed by atoms with Crippen molar-refractivity contribution in [2.75, 3.05) is 13.2 Å². The van der Waals surface area contributed by atoms with Gasteiger partial charge in [-0.05, 0) is 37.3 Å². The number of aliphatic carboxylic acids is 1. The van der Waals surface area contributed by atoms with E-state index in [2.05, 4.69) is 0 Å². The van der Waals surface area contributed by atoms with Crippen LogP contribution in [0.1, 0.15) is 23.7 Å². The first-order chi connectivity index (χ1) is 15.0. The van der Waals surface area contributed by atoms with Gasteiger partial charge in [0.25, 0.3) is 0 Å². The number of aromatic nitrogens is 1. The summed E-state index contributed by atoms with van der Waals surface area (Å²) in [4.78, 5) is 22.8. The minimum Gasteiger partial charge on any atom is -0.493 e. The van der Waals surface area contributed by atoms with Gasteiger partial charge in [0.05, 0.1) is 18.7 Å². The van der Waals surface area contributed by atoms with Gasteiger partial charge in [0.2, 0.25) is 0 Å². The van der Waals surface area contributed by atoms with Crippen LogP contribution in [0.3, 0.4) is 0 Å². The molecule has 0 aliphatic carbocycles. The highest BCUT2D eigenvalue weighted by Crippen LogP contribution is 2.31. The molecule has 0 unspecified atom stereocenters. The molecule has 0 fully saturated rings. The highest BCUT2D eigenvalue weighted by molar-refractivity contribution is 6.08. The van der Waals surface area contributed by atoms with Crippen LogP contribution in [0, 0.1) is 0 Å². The standard InChI is InChI=1S/C25H23NO5/c1-17(27)18-6-4-7-19(14-18)30-12-5-13-31-20-10-11-22-21-8-2-3-9-23(21)26(16-25(28)29)24(22)15-20/h2-4,6-11,14-15H,5,12-13,16H2,1H3,(H,28,29). The van der Waals surface area contributed by atoms with Gasteiger partial charge in [-0.3, -0.25) is 9.59 Å². The largest absolute Gasteiger partial charge is 0.493 e. The fourth-order valence-corrected chi connectivity index (χ4v) is 3.67. The molecule has 0 saturated heterocycles. The molecule has 1 N–H and O–H groups in total. The zero-order valence-electron chi connectivity index (χ0n) is 17.2. The number of carbonyl (C=O) groups is 2. The fourth-order valence-electron chi connectivity index (χ4n) is 3.67. The van der Waals surface area contributed by atoms with Gasteiger partial charge < -0.3 is 19.1 Å². The Balaban J connectivity index is 1.42. The maximum Gasteiger partial charge on any atom is 0.323 e. The van der Waals surface area contributed by atoms with Crippen molar-refractivity contribution in [3.8, 4) is 11.5 Å². The summed E-state index contributed by atoms with van der Waals surface area (Å²) in [6, 6.07) is 20.6. The summed E-state index contributed by atoms with van der Waals surface area (Å²) >= 11 is 0. The Hall–Kier alpha value is -3.80. The van der Waals surface area contributed by atoms with Crippen LogP contribution >= 0.6 is 0 Å². The fraction of sp³-hybridized carbons (Fsp3) is 0.200. The number of rotatable bonds is 9. The predicted octanol–water partition coefficient (Wildman–Crippen LogP) is 4.93. The average molecular weight is 417 g/mol. The number of fused-ring (bicyclic) bond motifs is 3. The number of ketones is 1. The number of Topliss-reactive ketones (excluding diaryl/α,β-unsaturated/α-hetero) is 1. The average Bonchev–Trinajstić information content (AvgIpc) is 3.06. The van der Waals surface area contributed by atoms with Gasteiger partial charge in [0.1, 0.15) is 18.0 Å². The van der Waals surface area contributed by atoms with Crippen LogP contribution in [0.15, 0.2) is 66.7 Å². The first kappa shape index (κ1) is 20.5. The predicted molar refractivity (Wildman–Crippen MR) is 119 cm³/mol. The number of hydrogen-bond donors (Lipinski definition) is 1. The molecule has 0 spiro atoms. The van der Waals surface area contributed by atoms with Gasteiger partial charge in [-0.15, -0.1) is 0 Å². The second-order valence-electron chi connectivity index (χ2n) is 7.31. The number of nitrogens with zero attached hydrogens (tertiary/aromatic N) is 1. The topological polar surface area (TPSA) is 77.8 Å². The Bertz CT molecular complexity index is 1260. The number of carbonyl (C=O) groups excluding carboxylic acids is 1. The van der Waals surface area contributed by atoms with Gasteiger partial charge in [-0.2, -0.15) is 0 Å². The lowest BCUT2D eigenvalue weighted by Crippen LogP contribution is -2.08. The molecule has 0 radical (unpaired) electrons. The zero-order valence-corrected chi connectivity index (χ0v) is 17.2. The Morgan fingerprint density at radius 2 is 1.55 bits per heavy atom. The van der Waals surface area contributed by atoms with Crippen LogP contribution in [0.25, 0.3) is 21.8 Å². The molecule has 4 aromatic rings. The minimum absolute atomic E-state index is 0.00415. The lowest BCUT2D eigenvalue weighted by Gasteiger charge is -2.10. The van der Waals surface area contributed by atoms with E-state index in [1.807, 2.05) is 48.5 Å². The molecule has 6 nitrogen and oxygen atoms in total. The highest BCUT2D eigenvalue weighted by atomic mass is 16.5. The molecule has 1 heterocycles. The Morgan fingerprint density at radius 3 is 2.29 bits per heavy atom. The Labute approximate surface area is 179 Å². The van der Waals surface area contributed by atoms with Crippen molar-refractivity contribution in [1.82, 2.24) is 4.57 Å². The van der Waals surface area contributed by atoms with Crippen LogP contribution in [0.2, 0.25) is 0 Å². The highest BCUT2D eigenvalue weighted by Gasteiger charge is 2.13. The molecular weight excluding hydrogens is 394 g/mol. The third kappa shape index (κ3) is 4.53. The van der Waals surface area contributed by atoms with Crippen molar-refractivity contribution < 1.29 is 24.2 Å². The number of benzene rings is 3. The smallest absolute Gasteiger partial charge is 0.323 e. The number of para-hydroxylation sites is 1. The summed E-state index contributed by atoms with van der Waals surface area (Å²) in [7, 11) is 0. The summed E-state index contributed by atoms with van der Waals surface area (Å²) in [5.74, 6) is 0.456. The molecule has 0 atom stereocenters. The van der Waals surface area contributed by atoms with E-state index in [4.69, 9.17) is 9.47 Å². The molecule has 158 valence electrons. The molecule has 4 rings (SSSR count). The number of ether oxygens (including phenoxy) is 2. The molecule has 0 bridgehead atoms. The number of carboxylic acid groups (broad SMARTS) is 1. The van der Waals surface area contributed by atoms with Gasteiger partial charge >= 0.3 is 5.97 Å². The van der Waals surface area contributed by atoms with Crippen LogP contribution in [-0.2, 0) is 11.3 Å². The normalized spacial score (nSPS) is 11.0. The van der Waals surface area contributed by atoms with E-state index in [9.17, 15) is 14.7 Å². The van der Waals surface area contributed by atoms with Gasteiger partial charge in [0, 0.05) is 34.3 Å². The first-order valence-electron chi connectivity index (χ1n) is 10.1. The van der Waals surface area contributed by atoms with Crippen molar-refractivity contribution in [1.29, 1.82) is 0 Å². The van der Waals surface area contributed by atoms with Crippen LogP contribution in [-0.4, -0.2) is 34.6 Å². The van der Waals surface area contributed by atoms with Gasteiger partial charge in [-0.1, -0.05) is 30.3 Å². The SMILES string of the molecule is CC(=O)c1cccc(OCCCOc2ccc3c4ccccc4n(CC(=O)O)c3c2)c1. The van der Waals surface area contributed by atoms with E-state index in [1.54, 1.807) is 22.8 Å². The second kappa shape index (κ2) is 8.92. The van der Waals surface area contributed by atoms with Crippen LogP contribution in [0.5, 0.6) is 11.5 Å². The monoisotopic (exact) mass is 417 g/mol. The van der Waals surface area contributed by atoms with E-state index in [-0.39, 0.29) is 12.3 Å². The van der Waals surface area contributed by atoms with E-state index in [0.29, 0.717) is 36.7 Å². The molecule has 6 heteroatoms. The molecule has 3 aromatic carbocycles. The first-order valence-corrected chi connectivity index (χ1v) is 10.1. The van der Waals surface area contributed by atoms with Crippen molar-refractivity contribution in [3.05, 3.63) is 72.3 Å². The van der Waals surface area contributed by atoms with E-state index < -0.39 is 5.97 Å². The molecule has 0 aliphatic rings. The number of carboxylic acids is 1. The van der Waals surface area contributed by atoms with Crippen molar-refractivity contribution in [3.63, 3.8) is 0 Å².